The fourth-order valence-corrected chi connectivity index (χ4v) is 3.10. The molecule has 20 heavy (non-hydrogen) atoms. The third-order valence-corrected chi connectivity index (χ3v) is 4.34. The maximum Gasteiger partial charge on any atom is 0.122 e. The normalized spacial score (nSPS) is 12.3. The molecule has 0 saturated heterocycles. The average Bonchev–Trinajstić information content (AvgIpc) is 2.96. The van der Waals surface area contributed by atoms with E-state index < -0.39 is 0 Å². The molecule has 0 aliphatic heterocycles. The molecule has 2 nitrogen and oxygen atoms in total. The first-order chi connectivity index (χ1) is 9.74. The van der Waals surface area contributed by atoms with Gasteiger partial charge in [0.05, 0.1) is 6.61 Å². The molecule has 3 heteroatoms. The predicted octanol–water partition coefficient (Wildman–Crippen LogP) is 4.13. The third-order valence-electron chi connectivity index (χ3n) is 3.44. The number of benzene rings is 1. The molecule has 1 aromatic carbocycles. The zero-order chi connectivity index (χ0) is 14.4. The molecule has 0 saturated carbocycles. The van der Waals surface area contributed by atoms with Crippen molar-refractivity contribution in [3.8, 4) is 5.75 Å². The minimum absolute atomic E-state index is 0.382. The SMILES string of the molecule is CCCOc1ccc(C(CN)Cc2cccs2)cc1C. The van der Waals surface area contributed by atoms with Gasteiger partial charge in [0.15, 0.2) is 0 Å². The highest BCUT2D eigenvalue weighted by atomic mass is 32.1. The zero-order valence-corrected chi connectivity index (χ0v) is 13.1. The van der Waals surface area contributed by atoms with Gasteiger partial charge in [-0.2, -0.15) is 0 Å². The van der Waals surface area contributed by atoms with Crippen LogP contribution in [0.25, 0.3) is 0 Å². The highest BCUT2D eigenvalue weighted by molar-refractivity contribution is 7.09. The minimum Gasteiger partial charge on any atom is -0.493 e. The molecule has 2 aromatic rings. The summed E-state index contributed by atoms with van der Waals surface area (Å²) in [6.07, 6.45) is 2.05. The molecule has 0 bridgehead atoms. The second kappa shape index (κ2) is 7.46. The summed E-state index contributed by atoms with van der Waals surface area (Å²) in [6, 6.07) is 10.7. The summed E-state index contributed by atoms with van der Waals surface area (Å²) in [4.78, 5) is 1.39. The molecule has 108 valence electrons. The van der Waals surface area contributed by atoms with E-state index in [-0.39, 0.29) is 0 Å². The Morgan fingerprint density at radius 3 is 2.75 bits per heavy atom. The maximum absolute atomic E-state index is 5.96. The number of nitrogens with two attached hydrogens (primary N) is 1. The molecule has 0 radical (unpaired) electrons. The minimum atomic E-state index is 0.382. The Morgan fingerprint density at radius 1 is 1.30 bits per heavy atom. The lowest BCUT2D eigenvalue weighted by atomic mass is 9.93. The lowest BCUT2D eigenvalue weighted by molar-refractivity contribution is 0.315. The van der Waals surface area contributed by atoms with Crippen molar-refractivity contribution in [3.63, 3.8) is 0 Å². The number of hydrogen-bond acceptors (Lipinski definition) is 3. The Bertz CT molecular complexity index is 522. The van der Waals surface area contributed by atoms with Crippen molar-refractivity contribution >= 4 is 11.3 Å². The molecule has 1 unspecified atom stereocenters. The van der Waals surface area contributed by atoms with Crippen LogP contribution in [0.15, 0.2) is 35.7 Å². The number of aryl methyl sites for hydroxylation is 1. The van der Waals surface area contributed by atoms with E-state index in [4.69, 9.17) is 10.5 Å². The van der Waals surface area contributed by atoms with Gasteiger partial charge < -0.3 is 10.5 Å². The molecular weight excluding hydrogens is 266 g/mol. The summed E-state index contributed by atoms with van der Waals surface area (Å²) in [5.74, 6) is 1.37. The van der Waals surface area contributed by atoms with Gasteiger partial charge in [-0.25, -0.2) is 0 Å². The fourth-order valence-electron chi connectivity index (χ4n) is 2.31. The molecule has 1 heterocycles. The van der Waals surface area contributed by atoms with Crippen LogP contribution in [0.1, 0.15) is 35.3 Å². The number of hydrogen-bond donors (Lipinski definition) is 1. The van der Waals surface area contributed by atoms with Crippen molar-refractivity contribution in [3.05, 3.63) is 51.7 Å². The molecule has 0 aliphatic rings. The van der Waals surface area contributed by atoms with Crippen molar-refractivity contribution in [1.82, 2.24) is 0 Å². The van der Waals surface area contributed by atoms with Crippen LogP contribution < -0.4 is 10.5 Å². The van der Waals surface area contributed by atoms with E-state index in [9.17, 15) is 0 Å². The van der Waals surface area contributed by atoms with E-state index >= 15 is 0 Å². The average molecular weight is 289 g/mol. The molecule has 0 amide bonds. The summed E-state index contributed by atoms with van der Waals surface area (Å²) in [5.41, 5.74) is 8.47. The maximum atomic E-state index is 5.96. The van der Waals surface area contributed by atoms with Crippen LogP contribution in [-0.2, 0) is 6.42 Å². The Kier molecular flexibility index (Phi) is 5.62. The molecule has 2 N–H and O–H groups in total. The van der Waals surface area contributed by atoms with E-state index in [1.165, 1.54) is 16.0 Å². The summed E-state index contributed by atoms with van der Waals surface area (Å²) in [7, 11) is 0. The van der Waals surface area contributed by atoms with Gasteiger partial charge in [0.25, 0.3) is 0 Å². The van der Waals surface area contributed by atoms with Gasteiger partial charge in [0.1, 0.15) is 5.75 Å². The monoisotopic (exact) mass is 289 g/mol. The lowest BCUT2D eigenvalue weighted by Crippen LogP contribution is -2.14. The summed E-state index contributed by atoms with van der Waals surface area (Å²) >= 11 is 1.80. The number of rotatable bonds is 7. The number of thiophene rings is 1. The second-order valence-electron chi connectivity index (χ2n) is 5.09. The van der Waals surface area contributed by atoms with E-state index in [2.05, 4.69) is 49.6 Å². The standard InChI is InChI=1S/C17H23NOS/c1-3-8-19-17-7-6-14(10-13(17)2)15(12-18)11-16-5-4-9-20-16/h4-7,9-10,15H,3,8,11-12,18H2,1-2H3. The Balaban J connectivity index is 2.11. The van der Waals surface area contributed by atoms with E-state index in [0.29, 0.717) is 12.5 Å². The van der Waals surface area contributed by atoms with Crippen LogP contribution in [0.3, 0.4) is 0 Å². The Hall–Kier alpha value is -1.32. The van der Waals surface area contributed by atoms with Gasteiger partial charge in [-0.15, -0.1) is 11.3 Å². The van der Waals surface area contributed by atoms with Crippen LogP contribution in [0, 0.1) is 6.92 Å². The quantitative estimate of drug-likeness (QED) is 0.831. The molecular formula is C17H23NOS. The lowest BCUT2D eigenvalue weighted by Gasteiger charge is -2.17. The highest BCUT2D eigenvalue weighted by Gasteiger charge is 2.13. The highest BCUT2D eigenvalue weighted by Crippen LogP contribution is 2.27. The smallest absolute Gasteiger partial charge is 0.122 e. The second-order valence-corrected chi connectivity index (χ2v) is 6.12. The number of ether oxygens (including phenoxy) is 1. The summed E-state index contributed by atoms with van der Waals surface area (Å²) in [6.45, 7) is 5.67. The van der Waals surface area contributed by atoms with Crippen molar-refractivity contribution in [1.29, 1.82) is 0 Å². The predicted molar refractivity (Wildman–Crippen MR) is 86.8 cm³/mol. The molecule has 0 fully saturated rings. The topological polar surface area (TPSA) is 35.2 Å². The van der Waals surface area contributed by atoms with Gasteiger partial charge in [0, 0.05) is 10.8 Å². The van der Waals surface area contributed by atoms with Crippen molar-refractivity contribution in [2.24, 2.45) is 5.73 Å². The van der Waals surface area contributed by atoms with Gasteiger partial charge in [-0.3, -0.25) is 0 Å². The fraction of sp³-hybridized carbons (Fsp3) is 0.412. The van der Waals surface area contributed by atoms with Crippen LogP contribution in [0.5, 0.6) is 5.75 Å². The Morgan fingerprint density at radius 2 is 2.15 bits per heavy atom. The van der Waals surface area contributed by atoms with Crippen molar-refractivity contribution in [2.45, 2.75) is 32.6 Å². The van der Waals surface area contributed by atoms with Crippen LogP contribution in [0.2, 0.25) is 0 Å². The van der Waals surface area contributed by atoms with Gasteiger partial charge in [-0.05, 0) is 54.9 Å². The van der Waals surface area contributed by atoms with Gasteiger partial charge in [0.2, 0.25) is 0 Å². The first-order valence-corrected chi connectivity index (χ1v) is 8.08. The Labute approximate surface area is 125 Å². The molecule has 2 rings (SSSR count). The van der Waals surface area contributed by atoms with Crippen molar-refractivity contribution in [2.75, 3.05) is 13.2 Å². The summed E-state index contributed by atoms with van der Waals surface area (Å²) < 4.78 is 5.73. The third kappa shape index (κ3) is 3.84. The van der Waals surface area contributed by atoms with E-state index in [1.807, 2.05) is 0 Å². The summed E-state index contributed by atoms with van der Waals surface area (Å²) in [5, 5.41) is 2.12. The zero-order valence-electron chi connectivity index (χ0n) is 12.3. The first-order valence-electron chi connectivity index (χ1n) is 7.20. The van der Waals surface area contributed by atoms with Gasteiger partial charge >= 0.3 is 0 Å². The molecule has 0 spiro atoms. The largest absolute Gasteiger partial charge is 0.493 e. The van der Waals surface area contributed by atoms with Crippen LogP contribution in [-0.4, -0.2) is 13.2 Å². The van der Waals surface area contributed by atoms with E-state index in [1.54, 1.807) is 11.3 Å². The molecule has 1 aromatic heterocycles. The van der Waals surface area contributed by atoms with Crippen LogP contribution in [0.4, 0.5) is 0 Å². The van der Waals surface area contributed by atoms with E-state index in [0.717, 1.165) is 25.2 Å². The molecule has 1 atom stereocenters. The first kappa shape index (κ1) is 15.1. The van der Waals surface area contributed by atoms with Crippen LogP contribution >= 0.6 is 11.3 Å². The van der Waals surface area contributed by atoms with Crippen molar-refractivity contribution < 1.29 is 4.74 Å². The van der Waals surface area contributed by atoms with Gasteiger partial charge in [-0.1, -0.05) is 25.1 Å². The molecule has 0 aliphatic carbocycles.